The highest BCUT2D eigenvalue weighted by atomic mass is 79.9. The van der Waals surface area contributed by atoms with E-state index >= 15 is 0 Å². The van der Waals surface area contributed by atoms with Crippen LogP contribution in [-0.2, 0) is 11.3 Å². The topological polar surface area (TPSA) is 14.2 Å². The van der Waals surface area contributed by atoms with Crippen LogP contribution in [0.2, 0.25) is 0 Å². The van der Waals surface area contributed by atoms with Gasteiger partial charge >= 0.3 is 0 Å². The van der Waals surface area contributed by atoms with Crippen molar-refractivity contribution in [1.29, 1.82) is 0 Å². The predicted molar refractivity (Wildman–Crippen MR) is 66.1 cm³/mol. The quantitative estimate of drug-likeness (QED) is 0.784. The Kier molecular flexibility index (Phi) is 3.61. The Labute approximate surface area is 102 Å². The maximum absolute atomic E-state index is 13.6. The van der Waals surface area contributed by atoms with Crippen LogP contribution < -0.4 is 0 Å². The van der Waals surface area contributed by atoms with Crippen molar-refractivity contribution in [2.45, 2.75) is 13.0 Å². The van der Waals surface area contributed by atoms with Crippen LogP contribution in [0.5, 0.6) is 0 Å². The molecule has 0 saturated carbocycles. The van der Waals surface area contributed by atoms with Gasteiger partial charge in [0.1, 0.15) is 5.82 Å². The van der Waals surface area contributed by atoms with Crippen molar-refractivity contribution in [3.05, 3.63) is 34.7 Å². The van der Waals surface area contributed by atoms with Crippen molar-refractivity contribution in [3.8, 4) is 0 Å². The number of aromatic nitrogens is 1. The summed E-state index contributed by atoms with van der Waals surface area (Å²) in [6, 6.07) is 5.58. The third kappa shape index (κ3) is 2.28. The van der Waals surface area contributed by atoms with Crippen LogP contribution in [0.4, 0.5) is 4.39 Å². The summed E-state index contributed by atoms with van der Waals surface area (Å²) in [7, 11) is 1.67. The molecule has 4 heteroatoms. The normalized spacial score (nSPS) is 11.2. The Hall–Kier alpha value is -0.870. The van der Waals surface area contributed by atoms with E-state index in [1.165, 1.54) is 0 Å². The van der Waals surface area contributed by atoms with Gasteiger partial charge in [-0.1, -0.05) is 15.9 Å². The zero-order chi connectivity index (χ0) is 11.5. The number of halogens is 2. The highest BCUT2D eigenvalue weighted by Gasteiger charge is 2.07. The van der Waals surface area contributed by atoms with Gasteiger partial charge in [0.15, 0.2) is 0 Å². The summed E-state index contributed by atoms with van der Waals surface area (Å²) >= 11 is 3.40. The van der Waals surface area contributed by atoms with Crippen LogP contribution in [0.15, 0.2) is 28.9 Å². The highest BCUT2D eigenvalue weighted by molar-refractivity contribution is 9.10. The van der Waals surface area contributed by atoms with Gasteiger partial charge in [-0.25, -0.2) is 4.39 Å². The standard InChI is InChI=1S/C12H13BrFNO/c1-16-6-2-5-15-8-11(14)10-4-3-9(13)7-12(10)15/h3-4,7-8H,2,5-6H2,1H3. The number of ether oxygens (including phenoxy) is 1. The smallest absolute Gasteiger partial charge is 0.148 e. The van der Waals surface area contributed by atoms with Gasteiger partial charge in [0.2, 0.25) is 0 Å². The lowest BCUT2D eigenvalue weighted by atomic mass is 10.2. The molecule has 0 amide bonds. The van der Waals surface area contributed by atoms with Gasteiger partial charge in [-0.2, -0.15) is 0 Å². The molecule has 0 unspecified atom stereocenters. The van der Waals surface area contributed by atoms with Crippen LogP contribution in [0.3, 0.4) is 0 Å². The molecular formula is C12H13BrFNO. The fraction of sp³-hybridized carbons (Fsp3) is 0.333. The molecule has 0 aliphatic carbocycles. The third-order valence-electron chi connectivity index (χ3n) is 2.54. The first-order valence-electron chi connectivity index (χ1n) is 5.15. The van der Waals surface area contributed by atoms with E-state index in [0.29, 0.717) is 12.0 Å². The zero-order valence-electron chi connectivity index (χ0n) is 9.04. The molecule has 0 saturated heterocycles. The van der Waals surface area contributed by atoms with Crippen molar-refractivity contribution in [1.82, 2.24) is 4.57 Å². The lowest BCUT2D eigenvalue weighted by Gasteiger charge is -2.04. The van der Waals surface area contributed by atoms with E-state index in [9.17, 15) is 4.39 Å². The molecule has 1 aromatic carbocycles. The molecule has 0 fully saturated rings. The third-order valence-corrected chi connectivity index (χ3v) is 3.04. The zero-order valence-corrected chi connectivity index (χ0v) is 10.6. The van der Waals surface area contributed by atoms with E-state index in [1.54, 1.807) is 19.4 Å². The molecule has 2 nitrogen and oxygen atoms in total. The Bertz CT molecular complexity index is 495. The maximum Gasteiger partial charge on any atom is 0.148 e. The van der Waals surface area contributed by atoms with Crippen LogP contribution in [0, 0.1) is 5.82 Å². The fourth-order valence-electron chi connectivity index (χ4n) is 1.78. The summed E-state index contributed by atoms with van der Waals surface area (Å²) in [6.07, 6.45) is 2.43. The molecule has 86 valence electrons. The molecule has 0 atom stereocenters. The number of benzene rings is 1. The van der Waals surface area contributed by atoms with E-state index in [4.69, 9.17) is 4.74 Å². The van der Waals surface area contributed by atoms with Crippen molar-refractivity contribution < 1.29 is 9.13 Å². The number of hydrogen-bond acceptors (Lipinski definition) is 1. The minimum atomic E-state index is -0.167. The minimum absolute atomic E-state index is 0.167. The van der Waals surface area contributed by atoms with Gasteiger partial charge in [0, 0.05) is 36.3 Å². The average Bonchev–Trinajstić information content (AvgIpc) is 2.56. The lowest BCUT2D eigenvalue weighted by Crippen LogP contribution is -1.99. The summed E-state index contributed by atoms with van der Waals surface area (Å²) in [5.41, 5.74) is 0.919. The van der Waals surface area contributed by atoms with Crippen LogP contribution in [0.25, 0.3) is 10.9 Å². The second-order valence-corrected chi connectivity index (χ2v) is 4.59. The van der Waals surface area contributed by atoms with Crippen LogP contribution >= 0.6 is 15.9 Å². The molecule has 0 bridgehead atoms. The first kappa shape index (κ1) is 11.6. The number of rotatable bonds is 4. The van der Waals surface area contributed by atoms with Gasteiger partial charge < -0.3 is 9.30 Å². The molecule has 0 radical (unpaired) electrons. The maximum atomic E-state index is 13.6. The number of fused-ring (bicyclic) bond motifs is 1. The van der Waals surface area contributed by atoms with Gasteiger partial charge in [-0.15, -0.1) is 0 Å². The summed E-state index contributed by atoms with van der Waals surface area (Å²) in [5, 5.41) is 0.667. The molecule has 2 rings (SSSR count). The van der Waals surface area contributed by atoms with Crippen molar-refractivity contribution in [2.75, 3.05) is 13.7 Å². The fourth-order valence-corrected chi connectivity index (χ4v) is 2.13. The summed E-state index contributed by atoms with van der Waals surface area (Å²) in [5.74, 6) is -0.167. The number of nitrogens with zero attached hydrogens (tertiary/aromatic N) is 1. The molecule has 0 aliphatic heterocycles. The second-order valence-electron chi connectivity index (χ2n) is 3.68. The van der Waals surface area contributed by atoms with E-state index in [0.717, 1.165) is 23.0 Å². The largest absolute Gasteiger partial charge is 0.385 e. The monoisotopic (exact) mass is 285 g/mol. The first-order valence-corrected chi connectivity index (χ1v) is 5.94. The lowest BCUT2D eigenvalue weighted by molar-refractivity contribution is 0.190. The molecule has 1 aromatic heterocycles. The second kappa shape index (κ2) is 4.97. The van der Waals surface area contributed by atoms with E-state index in [-0.39, 0.29) is 5.82 Å². The SMILES string of the molecule is COCCCn1cc(F)c2ccc(Br)cc21. The van der Waals surface area contributed by atoms with Crippen LogP contribution in [-0.4, -0.2) is 18.3 Å². The summed E-state index contributed by atoms with van der Waals surface area (Å²) < 4.78 is 21.5. The number of aryl methyl sites for hydroxylation is 1. The van der Waals surface area contributed by atoms with E-state index in [1.807, 2.05) is 16.7 Å². The average molecular weight is 286 g/mol. The summed E-state index contributed by atoms with van der Waals surface area (Å²) in [6.45, 7) is 1.46. The van der Waals surface area contributed by atoms with Crippen molar-refractivity contribution in [2.24, 2.45) is 0 Å². The molecule has 0 spiro atoms. The van der Waals surface area contributed by atoms with Crippen LogP contribution in [0.1, 0.15) is 6.42 Å². The van der Waals surface area contributed by atoms with Gasteiger partial charge in [-0.3, -0.25) is 0 Å². The Morgan fingerprint density at radius 2 is 2.25 bits per heavy atom. The highest BCUT2D eigenvalue weighted by Crippen LogP contribution is 2.24. The molecular weight excluding hydrogens is 273 g/mol. The predicted octanol–water partition coefficient (Wildman–Crippen LogP) is 3.58. The molecule has 0 aliphatic rings. The van der Waals surface area contributed by atoms with Gasteiger partial charge in [-0.05, 0) is 24.6 Å². The van der Waals surface area contributed by atoms with E-state index < -0.39 is 0 Å². The Balaban J connectivity index is 2.33. The minimum Gasteiger partial charge on any atom is -0.385 e. The number of methoxy groups -OCH3 is 1. The summed E-state index contributed by atoms with van der Waals surface area (Å²) in [4.78, 5) is 0. The van der Waals surface area contributed by atoms with Gasteiger partial charge in [0.25, 0.3) is 0 Å². The Morgan fingerprint density at radius 1 is 1.44 bits per heavy atom. The van der Waals surface area contributed by atoms with Crippen molar-refractivity contribution >= 4 is 26.8 Å². The van der Waals surface area contributed by atoms with Crippen molar-refractivity contribution in [3.63, 3.8) is 0 Å². The molecule has 16 heavy (non-hydrogen) atoms. The van der Waals surface area contributed by atoms with Gasteiger partial charge in [0.05, 0.1) is 5.52 Å². The molecule has 1 heterocycles. The van der Waals surface area contributed by atoms with E-state index in [2.05, 4.69) is 15.9 Å². The Morgan fingerprint density at radius 3 is 3.00 bits per heavy atom. The first-order chi connectivity index (χ1) is 7.72. The molecule has 0 N–H and O–H groups in total. The molecule has 2 aromatic rings. The number of hydrogen-bond donors (Lipinski definition) is 0.